The van der Waals surface area contributed by atoms with Crippen molar-refractivity contribution in [3.05, 3.63) is 35.4 Å². The molecule has 6 nitrogen and oxygen atoms in total. The lowest BCUT2D eigenvalue weighted by Gasteiger charge is -2.26. The minimum Gasteiger partial charge on any atom is -0.385 e. The van der Waals surface area contributed by atoms with Crippen molar-refractivity contribution < 1.29 is 9.47 Å². The average molecular weight is 334 g/mol. The molecule has 1 heterocycles. The van der Waals surface area contributed by atoms with Crippen LogP contribution in [-0.2, 0) is 22.6 Å². The molecule has 1 saturated heterocycles. The van der Waals surface area contributed by atoms with E-state index in [-0.39, 0.29) is 0 Å². The lowest BCUT2D eigenvalue weighted by Crippen LogP contribution is -2.37. The standard InChI is InChI=1S/C18H30N4O2/c1-19-18(20-7-4-10-23-2)21-14-16-5-3-6-17(13-16)15-22-8-11-24-12-9-22/h3,5-6,13H,4,7-12,14-15H2,1-2H3,(H2,19,20,21). The van der Waals surface area contributed by atoms with Crippen LogP contribution in [0.4, 0.5) is 0 Å². The van der Waals surface area contributed by atoms with Gasteiger partial charge >= 0.3 is 0 Å². The molecule has 1 aliphatic heterocycles. The lowest BCUT2D eigenvalue weighted by molar-refractivity contribution is 0.0342. The first-order chi connectivity index (χ1) is 11.8. The second-order valence-corrected chi connectivity index (χ2v) is 5.91. The van der Waals surface area contributed by atoms with Crippen molar-refractivity contribution in [1.29, 1.82) is 0 Å². The quantitative estimate of drug-likeness (QED) is 0.425. The minimum absolute atomic E-state index is 0.758. The molecule has 2 rings (SSSR count). The first-order valence-corrected chi connectivity index (χ1v) is 8.63. The second kappa shape index (κ2) is 11.0. The number of guanidine groups is 1. The Kier molecular flexibility index (Phi) is 8.59. The summed E-state index contributed by atoms with van der Waals surface area (Å²) in [5, 5.41) is 6.65. The van der Waals surface area contributed by atoms with Gasteiger partial charge in [-0.1, -0.05) is 24.3 Å². The number of hydrogen-bond acceptors (Lipinski definition) is 4. The van der Waals surface area contributed by atoms with Gasteiger partial charge in [0.1, 0.15) is 0 Å². The molecule has 6 heteroatoms. The Morgan fingerprint density at radius 2 is 2.04 bits per heavy atom. The molecule has 0 aliphatic carbocycles. The number of ether oxygens (including phenoxy) is 2. The molecule has 1 aliphatic rings. The molecule has 0 saturated carbocycles. The molecule has 0 spiro atoms. The smallest absolute Gasteiger partial charge is 0.191 e. The van der Waals surface area contributed by atoms with E-state index >= 15 is 0 Å². The Morgan fingerprint density at radius 1 is 1.25 bits per heavy atom. The van der Waals surface area contributed by atoms with E-state index in [4.69, 9.17) is 9.47 Å². The molecule has 1 aromatic carbocycles. The van der Waals surface area contributed by atoms with E-state index in [0.29, 0.717) is 0 Å². The summed E-state index contributed by atoms with van der Waals surface area (Å²) in [6.07, 6.45) is 0.965. The molecule has 0 bridgehead atoms. The predicted molar refractivity (Wildman–Crippen MR) is 97.2 cm³/mol. The van der Waals surface area contributed by atoms with E-state index in [9.17, 15) is 0 Å². The van der Waals surface area contributed by atoms with Gasteiger partial charge in [-0.2, -0.15) is 0 Å². The van der Waals surface area contributed by atoms with Crippen molar-refractivity contribution in [2.45, 2.75) is 19.5 Å². The third-order valence-electron chi connectivity index (χ3n) is 4.00. The number of rotatable bonds is 8. The third kappa shape index (κ3) is 6.86. The van der Waals surface area contributed by atoms with Crippen molar-refractivity contribution in [2.75, 3.05) is 53.6 Å². The highest BCUT2D eigenvalue weighted by Crippen LogP contribution is 2.10. The zero-order chi connectivity index (χ0) is 17.0. The maximum atomic E-state index is 5.41. The highest BCUT2D eigenvalue weighted by molar-refractivity contribution is 5.79. The summed E-state index contributed by atoms with van der Waals surface area (Å²) in [5.74, 6) is 0.824. The number of hydrogen-bond donors (Lipinski definition) is 2. The van der Waals surface area contributed by atoms with Crippen molar-refractivity contribution >= 4 is 5.96 Å². The van der Waals surface area contributed by atoms with Gasteiger partial charge in [-0.25, -0.2) is 0 Å². The van der Waals surface area contributed by atoms with E-state index in [2.05, 4.69) is 44.8 Å². The maximum absolute atomic E-state index is 5.41. The summed E-state index contributed by atoms with van der Waals surface area (Å²) in [7, 11) is 3.51. The zero-order valence-corrected chi connectivity index (χ0v) is 14.9. The average Bonchev–Trinajstić information content (AvgIpc) is 2.62. The van der Waals surface area contributed by atoms with Gasteiger partial charge in [0.2, 0.25) is 0 Å². The van der Waals surface area contributed by atoms with Gasteiger partial charge in [0.25, 0.3) is 0 Å². The first-order valence-electron chi connectivity index (χ1n) is 8.63. The van der Waals surface area contributed by atoms with Crippen LogP contribution < -0.4 is 10.6 Å². The number of nitrogens with zero attached hydrogens (tertiary/aromatic N) is 2. The third-order valence-corrected chi connectivity index (χ3v) is 4.00. The fourth-order valence-corrected chi connectivity index (χ4v) is 2.69. The fraction of sp³-hybridized carbons (Fsp3) is 0.611. The minimum atomic E-state index is 0.758. The SMILES string of the molecule is CN=C(NCCCOC)NCc1cccc(CN2CCOCC2)c1. The number of nitrogens with one attached hydrogen (secondary N) is 2. The van der Waals surface area contributed by atoms with Crippen LogP contribution in [0, 0.1) is 0 Å². The van der Waals surface area contributed by atoms with Crippen LogP contribution in [-0.4, -0.2) is 64.5 Å². The van der Waals surface area contributed by atoms with Crippen LogP contribution in [0.25, 0.3) is 0 Å². The molecule has 24 heavy (non-hydrogen) atoms. The predicted octanol–water partition coefficient (Wildman–Crippen LogP) is 1.22. The van der Waals surface area contributed by atoms with Gasteiger partial charge < -0.3 is 20.1 Å². The number of methoxy groups -OCH3 is 1. The molecule has 1 aromatic rings. The van der Waals surface area contributed by atoms with E-state index in [1.165, 1.54) is 11.1 Å². The van der Waals surface area contributed by atoms with Crippen molar-refractivity contribution in [1.82, 2.24) is 15.5 Å². The van der Waals surface area contributed by atoms with Gasteiger partial charge in [0.15, 0.2) is 5.96 Å². The molecular weight excluding hydrogens is 304 g/mol. The summed E-state index contributed by atoms with van der Waals surface area (Å²) in [5.41, 5.74) is 2.61. The Bertz CT molecular complexity index is 502. The van der Waals surface area contributed by atoms with Crippen LogP contribution >= 0.6 is 0 Å². The molecule has 0 aromatic heterocycles. The second-order valence-electron chi connectivity index (χ2n) is 5.91. The topological polar surface area (TPSA) is 58.1 Å². The maximum Gasteiger partial charge on any atom is 0.191 e. The molecule has 0 radical (unpaired) electrons. The van der Waals surface area contributed by atoms with E-state index in [1.807, 2.05) is 0 Å². The Morgan fingerprint density at radius 3 is 2.79 bits per heavy atom. The van der Waals surface area contributed by atoms with Gasteiger partial charge in [-0.05, 0) is 17.5 Å². The van der Waals surface area contributed by atoms with Crippen molar-refractivity contribution in [2.24, 2.45) is 4.99 Å². The van der Waals surface area contributed by atoms with Gasteiger partial charge in [0, 0.05) is 53.5 Å². The van der Waals surface area contributed by atoms with Crippen LogP contribution in [0.15, 0.2) is 29.3 Å². The largest absolute Gasteiger partial charge is 0.385 e. The van der Waals surface area contributed by atoms with E-state index < -0.39 is 0 Å². The van der Waals surface area contributed by atoms with Crippen LogP contribution in [0.3, 0.4) is 0 Å². The number of aliphatic imine (C=N–C) groups is 1. The molecule has 0 unspecified atom stereocenters. The highest BCUT2D eigenvalue weighted by atomic mass is 16.5. The Hall–Kier alpha value is -1.63. The molecule has 134 valence electrons. The van der Waals surface area contributed by atoms with Crippen LogP contribution in [0.1, 0.15) is 17.5 Å². The summed E-state index contributed by atoms with van der Waals surface area (Å²) in [6, 6.07) is 8.73. The molecule has 1 fully saturated rings. The first kappa shape index (κ1) is 18.7. The molecule has 0 amide bonds. The summed E-state index contributed by atoms with van der Waals surface area (Å²) in [6.45, 7) is 7.07. The Labute approximate surface area is 145 Å². The van der Waals surface area contributed by atoms with Crippen molar-refractivity contribution in [3.8, 4) is 0 Å². The number of benzene rings is 1. The van der Waals surface area contributed by atoms with E-state index in [1.54, 1.807) is 14.2 Å². The van der Waals surface area contributed by atoms with Crippen LogP contribution in [0.5, 0.6) is 0 Å². The fourth-order valence-electron chi connectivity index (χ4n) is 2.69. The number of morpholine rings is 1. The highest BCUT2D eigenvalue weighted by Gasteiger charge is 2.10. The van der Waals surface area contributed by atoms with Gasteiger partial charge in [-0.15, -0.1) is 0 Å². The summed E-state index contributed by atoms with van der Waals surface area (Å²) >= 11 is 0. The summed E-state index contributed by atoms with van der Waals surface area (Å²) < 4.78 is 10.5. The monoisotopic (exact) mass is 334 g/mol. The molecule has 2 N–H and O–H groups in total. The molecular formula is C18H30N4O2. The van der Waals surface area contributed by atoms with Crippen molar-refractivity contribution in [3.63, 3.8) is 0 Å². The lowest BCUT2D eigenvalue weighted by atomic mass is 10.1. The Balaban J connectivity index is 1.78. The van der Waals surface area contributed by atoms with Crippen LogP contribution in [0.2, 0.25) is 0 Å². The normalized spacial score (nSPS) is 16.2. The summed E-state index contributed by atoms with van der Waals surface area (Å²) in [4.78, 5) is 6.69. The molecule has 0 atom stereocenters. The zero-order valence-electron chi connectivity index (χ0n) is 14.9. The van der Waals surface area contributed by atoms with Gasteiger partial charge in [0.05, 0.1) is 13.2 Å². The van der Waals surface area contributed by atoms with E-state index in [0.717, 1.165) is 64.9 Å². The van der Waals surface area contributed by atoms with Gasteiger partial charge in [-0.3, -0.25) is 9.89 Å².